The van der Waals surface area contributed by atoms with Crippen molar-refractivity contribution in [2.75, 3.05) is 34.4 Å². The van der Waals surface area contributed by atoms with Gasteiger partial charge in [0.2, 0.25) is 0 Å². The van der Waals surface area contributed by atoms with Crippen LogP contribution in [-0.2, 0) is 53.5 Å². The molecule has 288 valence electrons. The highest BCUT2D eigenvalue weighted by molar-refractivity contribution is 7.86. The van der Waals surface area contributed by atoms with Gasteiger partial charge in [0, 0.05) is 41.0 Å². The highest BCUT2D eigenvalue weighted by Crippen LogP contribution is 2.49. The molecule has 2 heterocycles. The van der Waals surface area contributed by atoms with E-state index in [1.807, 2.05) is 60.7 Å². The van der Waals surface area contributed by atoms with Crippen LogP contribution in [0.3, 0.4) is 0 Å². The molecule has 0 aliphatic carbocycles. The minimum Gasteiger partial charge on any atom is -0.481 e. The smallest absolute Gasteiger partial charge is 0.307 e. The quantitative estimate of drug-likeness (QED) is 0.0777. The van der Waals surface area contributed by atoms with Crippen molar-refractivity contribution in [1.29, 1.82) is 0 Å². The summed E-state index contributed by atoms with van der Waals surface area (Å²) in [6.07, 6.45) is 15.0. The molecule has 2 aliphatic heterocycles. The highest BCUT2D eigenvalue weighted by atomic mass is 32.2. The van der Waals surface area contributed by atoms with Crippen molar-refractivity contribution in [2.24, 2.45) is 0 Å². The molecule has 2 aromatic carbocycles. The SMILES string of the molecule is CC1(C)C(=CC=CC=CC=CC2N(CCCCS(=O)(=O)O)c3ccc(CC(=O)O)cc3C2(C)C)N(CCCCS(=O)(=O)O)c2ccc(CC(=O)O)cc21. The standard InChI is InChI=1S/C39H50N2O10S2/c1-38(2)30-24-28(26-36(42)43)16-18-32(30)40(20-10-12-22-52(46,47)48)34(38)14-8-6-5-7-9-15-35-39(3,4)31-25-29(27-37(44)45)17-19-33(31)41(35)21-11-13-23-53(49,50)51/h5-9,14-19,24-25,34H,10-13,20-23,26-27H2,1-4H3,(H,42,43)(H,44,45)(H,46,47,48)(H,49,50,51). The van der Waals surface area contributed by atoms with Gasteiger partial charge in [-0.3, -0.25) is 18.7 Å². The molecule has 0 bridgehead atoms. The molecule has 1 unspecified atom stereocenters. The van der Waals surface area contributed by atoms with Gasteiger partial charge in [-0.05, 0) is 66.1 Å². The van der Waals surface area contributed by atoms with E-state index in [9.17, 15) is 45.7 Å². The Morgan fingerprint density at radius 1 is 0.698 bits per heavy atom. The molecule has 2 aliphatic rings. The minimum atomic E-state index is -4.07. The van der Waals surface area contributed by atoms with E-state index in [0.29, 0.717) is 43.5 Å². The van der Waals surface area contributed by atoms with Gasteiger partial charge in [-0.1, -0.05) is 88.4 Å². The average molecular weight is 771 g/mol. The van der Waals surface area contributed by atoms with Crippen LogP contribution >= 0.6 is 0 Å². The van der Waals surface area contributed by atoms with Crippen molar-refractivity contribution in [3.8, 4) is 0 Å². The Bertz CT molecular complexity index is 2030. The maximum atomic E-state index is 11.4. The van der Waals surface area contributed by atoms with Crippen LogP contribution in [0.1, 0.15) is 75.6 Å². The Hall–Kier alpha value is -4.24. The molecule has 12 nitrogen and oxygen atoms in total. The second-order valence-electron chi connectivity index (χ2n) is 14.7. The van der Waals surface area contributed by atoms with Crippen molar-refractivity contribution in [1.82, 2.24) is 0 Å². The molecular weight excluding hydrogens is 721 g/mol. The lowest BCUT2D eigenvalue weighted by Crippen LogP contribution is -2.40. The molecule has 0 radical (unpaired) electrons. The van der Waals surface area contributed by atoms with E-state index in [4.69, 9.17) is 0 Å². The molecule has 0 amide bonds. The summed E-state index contributed by atoms with van der Waals surface area (Å²) in [5.74, 6) is -2.48. The molecule has 4 rings (SSSR count). The second-order valence-corrected chi connectivity index (χ2v) is 17.8. The first-order valence-electron chi connectivity index (χ1n) is 17.6. The summed E-state index contributed by atoms with van der Waals surface area (Å²) >= 11 is 0. The first-order valence-corrected chi connectivity index (χ1v) is 20.8. The van der Waals surface area contributed by atoms with E-state index in [1.165, 1.54) is 0 Å². The van der Waals surface area contributed by atoms with E-state index in [2.05, 4.69) is 43.6 Å². The Morgan fingerprint density at radius 2 is 1.21 bits per heavy atom. The number of nitrogens with zero attached hydrogens (tertiary/aromatic N) is 2. The summed E-state index contributed by atoms with van der Waals surface area (Å²) in [5, 5.41) is 18.7. The zero-order chi connectivity index (χ0) is 39.2. The van der Waals surface area contributed by atoms with Gasteiger partial charge in [-0.2, -0.15) is 16.8 Å². The summed E-state index contributed by atoms with van der Waals surface area (Å²) in [4.78, 5) is 27.1. The van der Waals surface area contributed by atoms with Crippen LogP contribution in [0.2, 0.25) is 0 Å². The molecular formula is C39H50N2O10S2. The van der Waals surface area contributed by atoms with Crippen LogP contribution in [0, 0.1) is 0 Å². The van der Waals surface area contributed by atoms with Gasteiger partial charge in [0.05, 0.1) is 30.4 Å². The lowest BCUT2D eigenvalue weighted by molar-refractivity contribution is -0.137. The highest BCUT2D eigenvalue weighted by Gasteiger charge is 2.43. The van der Waals surface area contributed by atoms with Gasteiger partial charge in [0.25, 0.3) is 20.2 Å². The number of anilines is 2. The predicted octanol–water partition coefficient (Wildman–Crippen LogP) is 6.09. The van der Waals surface area contributed by atoms with Gasteiger partial charge < -0.3 is 20.0 Å². The van der Waals surface area contributed by atoms with Crippen molar-refractivity contribution in [3.63, 3.8) is 0 Å². The maximum absolute atomic E-state index is 11.4. The Morgan fingerprint density at radius 3 is 1.77 bits per heavy atom. The summed E-state index contributed by atoms with van der Waals surface area (Å²) in [6.45, 7) is 9.37. The van der Waals surface area contributed by atoms with Crippen LogP contribution in [0.15, 0.2) is 84.6 Å². The topological polar surface area (TPSA) is 190 Å². The average Bonchev–Trinajstić information content (AvgIpc) is 3.37. The number of carbonyl (C=O) groups is 2. The minimum absolute atomic E-state index is 0.0930. The number of benzene rings is 2. The lowest BCUT2D eigenvalue weighted by atomic mass is 9.79. The molecule has 4 N–H and O–H groups in total. The molecule has 14 heteroatoms. The fraction of sp³-hybridized carbons (Fsp3) is 0.436. The Balaban J connectivity index is 1.54. The molecule has 0 spiro atoms. The van der Waals surface area contributed by atoms with Crippen molar-refractivity contribution >= 4 is 43.5 Å². The van der Waals surface area contributed by atoms with Gasteiger partial charge in [0.1, 0.15) is 0 Å². The first-order chi connectivity index (χ1) is 24.7. The van der Waals surface area contributed by atoms with E-state index < -0.39 is 43.0 Å². The Kier molecular flexibility index (Phi) is 13.2. The number of hydrogen-bond donors (Lipinski definition) is 4. The van der Waals surface area contributed by atoms with Gasteiger partial charge in [0.15, 0.2) is 0 Å². The van der Waals surface area contributed by atoms with Crippen LogP contribution < -0.4 is 9.80 Å². The number of hydrogen-bond acceptors (Lipinski definition) is 8. The molecule has 0 saturated heterocycles. The van der Waals surface area contributed by atoms with Crippen LogP contribution in [-0.4, -0.2) is 78.7 Å². The number of fused-ring (bicyclic) bond motifs is 2. The molecule has 0 aromatic heterocycles. The van der Waals surface area contributed by atoms with Gasteiger partial charge >= 0.3 is 11.9 Å². The van der Waals surface area contributed by atoms with E-state index in [-0.39, 0.29) is 36.8 Å². The molecule has 53 heavy (non-hydrogen) atoms. The van der Waals surface area contributed by atoms with Crippen LogP contribution in [0.25, 0.3) is 0 Å². The number of allylic oxidation sites excluding steroid dienone is 7. The fourth-order valence-electron chi connectivity index (χ4n) is 7.31. The number of rotatable bonds is 18. The fourth-order valence-corrected chi connectivity index (χ4v) is 8.45. The van der Waals surface area contributed by atoms with E-state index in [1.54, 1.807) is 12.1 Å². The molecule has 0 saturated carbocycles. The molecule has 2 aromatic rings. The van der Waals surface area contributed by atoms with Crippen molar-refractivity contribution in [2.45, 2.75) is 83.1 Å². The zero-order valence-electron chi connectivity index (χ0n) is 30.6. The largest absolute Gasteiger partial charge is 0.481 e. The summed E-state index contributed by atoms with van der Waals surface area (Å²) in [7, 11) is -8.13. The maximum Gasteiger partial charge on any atom is 0.307 e. The van der Waals surface area contributed by atoms with Crippen LogP contribution in [0.5, 0.6) is 0 Å². The molecule has 0 fully saturated rings. The van der Waals surface area contributed by atoms with E-state index in [0.717, 1.165) is 28.2 Å². The summed E-state index contributed by atoms with van der Waals surface area (Å²) in [6, 6.07) is 11.2. The van der Waals surface area contributed by atoms with Crippen LogP contribution in [0.4, 0.5) is 11.4 Å². The third-order valence-corrected chi connectivity index (χ3v) is 11.5. The van der Waals surface area contributed by atoms with Crippen molar-refractivity contribution in [3.05, 3.63) is 107 Å². The Labute approximate surface area is 312 Å². The lowest BCUT2D eigenvalue weighted by Gasteiger charge is -2.32. The van der Waals surface area contributed by atoms with Gasteiger partial charge in [-0.15, -0.1) is 0 Å². The first kappa shape index (κ1) is 41.5. The van der Waals surface area contributed by atoms with E-state index >= 15 is 0 Å². The van der Waals surface area contributed by atoms with Crippen molar-refractivity contribution < 1.29 is 45.7 Å². The molecule has 1 atom stereocenters. The summed E-state index contributed by atoms with van der Waals surface area (Å²) < 4.78 is 63.5. The monoisotopic (exact) mass is 770 g/mol. The zero-order valence-corrected chi connectivity index (χ0v) is 32.2. The van der Waals surface area contributed by atoms with Gasteiger partial charge in [-0.25, -0.2) is 0 Å². The number of carboxylic acids is 2. The number of carboxylic acid groups (broad SMARTS) is 2. The third kappa shape index (κ3) is 10.9. The number of aliphatic carboxylic acids is 2. The normalized spacial score (nSPS) is 18.8. The third-order valence-electron chi connectivity index (χ3n) is 9.88. The summed E-state index contributed by atoms with van der Waals surface area (Å²) in [5.41, 5.74) is 5.35. The predicted molar refractivity (Wildman–Crippen MR) is 207 cm³/mol. The number of unbranched alkanes of at least 4 members (excludes halogenated alkanes) is 2. The second kappa shape index (κ2) is 16.8.